The van der Waals surface area contributed by atoms with E-state index in [1.807, 2.05) is 52.0 Å². The number of rotatable bonds is 5. The van der Waals surface area contributed by atoms with Crippen LogP contribution in [0.2, 0.25) is 5.02 Å². The Morgan fingerprint density at radius 2 is 1.91 bits per heavy atom. The van der Waals surface area contributed by atoms with Gasteiger partial charge in [-0.25, -0.2) is 9.78 Å². The molecule has 4 rings (SSSR count). The Morgan fingerprint density at radius 3 is 2.50 bits per heavy atom. The van der Waals surface area contributed by atoms with Gasteiger partial charge >= 0.3 is 5.97 Å². The van der Waals surface area contributed by atoms with Crippen LogP contribution in [0.1, 0.15) is 64.8 Å². The summed E-state index contributed by atoms with van der Waals surface area (Å²) in [5.74, 6) is -0.303. The first-order valence-corrected chi connectivity index (χ1v) is 12.0. The van der Waals surface area contributed by atoms with Crippen LogP contribution in [0, 0.1) is 12.3 Å². The van der Waals surface area contributed by atoms with Crippen molar-refractivity contribution in [2.45, 2.75) is 66.1 Å². The highest BCUT2D eigenvalue weighted by molar-refractivity contribution is 6.30. The van der Waals surface area contributed by atoms with Gasteiger partial charge in [-0.1, -0.05) is 37.6 Å². The molecule has 1 unspecified atom stereocenters. The number of aliphatic carboxylic acids is 1. The second-order valence-electron chi connectivity index (χ2n) is 10.8. The highest BCUT2D eigenvalue weighted by Gasteiger charge is 2.36. The van der Waals surface area contributed by atoms with Gasteiger partial charge in [-0.15, -0.1) is 0 Å². The van der Waals surface area contributed by atoms with Gasteiger partial charge in [-0.2, -0.15) is 9.61 Å². The lowest BCUT2D eigenvalue weighted by Crippen LogP contribution is -2.40. The largest absolute Gasteiger partial charge is 0.479 e. The second-order valence-corrected chi connectivity index (χ2v) is 11.3. The third kappa shape index (κ3) is 4.91. The van der Waals surface area contributed by atoms with Crippen molar-refractivity contribution in [3.8, 4) is 11.1 Å². The summed E-state index contributed by atoms with van der Waals surface area (Å²) < 4.78 is 7.85. The predicted molar refractivity (Wildman–Crippen MR) is 135 cm³/mol. The number of carboxylic acids is 1. The molecule has 182 valence electrons. The molecule has 34 heavy (non-hydrogen) atoms. The zero-order valence-electron chi connectivity index (χ0n) is 20.7. The van der Waals surface area contributed by atoms with E-state index >= 15 is 0 Å². The molecule has 1 aromatic carbocycles. The van der Waals surface area contributed by atoms with Gasteiger partial charge in [0.25, 0.3) is 0 Å². The van der Waals surface area contributed by atoms with Crippen LogP contribution < -0.4 is 4.90 Å². The van der Waals surface area contributed by atoms with Crippen molar-refractivity contribution in [1.29, 1.82) is 0 Å². The Morgan fingerprint density at radius 1 is 1.24 bits per heavy atom. The van der Waals surface area contributed by atoms with Crippen LogP contribution >= 0.6 is 11.6 Å². The molecule has 8 heteroatoms. The lowest BCUT2D eigenvalue weighted by molar-refractivity contribution is -0.160. The van der Waals surface area contributed by atoms with Crippen molar-refractivity contribution in [3.63, 3.8) is 0 Å². The molecular formula is C26H33ClN4O3. The van der Waals surface area contributed by atoms with Crippen LogP contribution in [0.3, 0.4) is 0 Å². The molecule has 0 aliphatic carbocycles. The van der Waals surface area contributed by atoms with E-state index in [0.29, 0.717) is 21.9 Å². The lowest BCUT2D eigenvalue weighted by Gasteiger charge is -2.39. The van der Waals surface area contributed by atoms with Gasteiger partial charge in [0.15, 0.2) is 11.8 Å². The molecule has 0 saturated carbocycles. The Balaban J connectivity index is 1.96. The fourth-order valence-corrected chi connectivity index (χ4v) is 4.67. The van der Waals surface area contributed by atoms with Crippen molar-refractivity contribution < 1.29 is 14.6 Å². The first kappa shape index (κ1) is 24.5. The van der Waals surface area contributed by atoms with Gasteiger partial charge in [-0.05, 0) is 63.6 Å². The highest BCUT2D eigenvalue weighted by atomic mass is 35.5. The predicted octanol–water partition coefficient (Wildman–Crippen LogP) is 5.93. The number of ether oxygens (including phenoxy) is 1. The van der Waals surface area contributed by atoms with E-state index in [4.69, 9.17) is 26.4 Å². The molecular weight excluding hydrogens is 452 g/mol. The van der Waals surface area contributed by atoms with Gasteiger partial charge in [0.05, 0.1) is 17.4 Å². The van der Waals surface area contributed by atoms with E-state index in [9.17, 15) is 9.90 Å². The molecule has 3 aromatic rings. The number of fused-ring (bicyclic) bond motifs is 1. The van der Waals surface area contributed by atoms with E-state index in [0.717, 1.165) is 42.9 Å². The van der Waals surface area contributed by atoms with Crippen molar-refractivity contribution in [3.05, 3.63) is 46.7 Å². The fourth-order valence-electron chi connectivity index (χ4n) is 4.48. The monoisotopic (exact) mass is 484 g/mol. The molecule has 3 heterocycles. The Kier molecular flexibility index (Phi) is 6.38. The molecule has 7 nitrogen and oxygen atoms in total. The molecule has 0 bridgehead atoms. The number of piperidine rings is 1. The number of aryl methyl sites for hydroxylation is 1. The van der Waals surface area contributed by atoms with E-state index in [1.54, 1.807) is 10.7 Å². The summed E-state index contributed by atoms with van der Waals surface area (Å²) in [7, 11) is 0. The number of hydrogen-bond donors (Lipinski definition) is 1. The van der Waals surface area contributed by atoms with Crippen LogP contribution in [-0.4, -0.2) is 44.4 Å². The molecule has 1 fully saturated rings. The first-order valence-electron chi connectivity index (χ1n) is 11.7. The van der Waals surface area contributed by atoms with Gasteiger partial charge in [0.2, 0.25) is 0 Å². The van der Waals surface area contributed by atoms with E-state index in [-0.39, 0.29) is 5.41 Å². The Bertz CT molecular complexity index is 1220. The van der Waals surface area contributed by atoms with Crippen LogP contribution in [-0.2, 0) is 9.53 Å². The van der Waals surface area contributed by atoms with Gasteiger partial charge in [-0.3, -0.25) is 0 Å². The third-order valence-corrected chi connectivity index (χ3v) is 6.59. The fraction of sp³-hybridized carbons (Fsp3) is 0.500. The second kappa shape index (κ2) is 8.86. The highest BCUT2D eigenvalue weighted by Crippen LogP contribution is 2.40. The van der Waals surface area contributed by atoms with Gasteiger partial charge in [0, 0.05) is 29.4 Å². The number of benzene rings is 1. The van der Waals surface area contributed by atoms with Gasteiger partial charge in [0.1, 0.15) is 5.82 Å². The summed E-state index contributed by atoms with van der Waals surface area (Å²) in [5, 5.41) is 15.5. The zero-order chi connectivity index (χ0) is 24.8. The molecule has 0 amide bonds. The molecule has 1 saturated heterocycles. The Labute approximate surface area is 205 Å². The van der Waals surface area contributed by atoms with Crippen LogP contribution in [0.25, 0.3) is 16.8 Å². The smallest absolute Gasteiger partial charge is 0.337 e. The van der Waals surface area contributed by atoms with E-state index < -0.39 is 17.7 Å². The summed E-state index contributed by atoms with van der Waals surface area (Å²) in [6.07, 6.45) is 2.60. The molecule has 1 aliphatic rings. The molecule has 1 atom stereocenters. The molecule has 2 aromatic heterocycles. The minimum Gasteiger partial charge on any atom is -0.479 e. The quantitative estimate of drug-likeness (QED) is 0.483. The summed E-state index contributed by atoms with van der Waals surface area (Å²) in [4.78, 5) is 19.5. The standard InChI is InChI=1S/C26H33ClN4O3/c1-16-20(21(24(32)33)34-25(2,3)4)23(30-12-10-26(5,6)11-13-30)31-22(29-16)19(15-28-31)17-8-7-9-18(27)14-17/h7-9,14-15,21H,10-13H2,1-6H3,(H,32,33). The maximum absolute atomic E-state index is 12.5. The number of nitrogens with zero attached hydrogens (tertiary/aromatic N) is 4. The number of hydrogen-bond acceptors (Lipinski definition) is 5. The number of carboxylic acid groups (broad SMARTS) is 1. The number of anilines is 1. The number of aromatic nitrogens is 3. The van der Waals surface area contributed by atoms with E-state index in [2.05, 4.69) is 18.7 Å². The average molecular weight is 485 g/mol. The van der Waals surface area contributed by atoms with E-state index in [1.165, 1.54) is 0 Å². The van der Waals surface area contributed by atoms with Crippen molar-refractivity contribution >= 4 is 29.0 Å². The summed E-state index contributed by atoms with van der Waals surface area (Å²) in [6.45, 7) is 13.6. The molecule has 1 aliphatic heterocycles. The maximum Gasteiger partial charge on any atom is 0.337 e. The Hall–Kier alpha value is -2.64. The first-order chi connectivity index (χ1) is 15.9. The SMILES string of the molecule is Cc1nc2c(-c3cccc(Cl)c3)cnn2c(N2CCC(C)(C)CC2)c1C(OC(C)(C)C)C(=O)O. The van der Waals surface area contributed by atoms with Crippen molar-refractivity contribution in [2.24, 2.45) is 5.41 Å². The normalized spacial score (nSPS) is 17.2. The number of carbonyl (C=O) groups is 1. The molecule has 0 radical (unpaired) electrons. The van der Waals surface area contributed by atoms with Crippen molar-refractivity contribution in [2.75, 3.05) is 18.0 Å². The molecule has 1 N–H and O–H groups in total. The van der Waals surface area contributed by atoms with Crippen LogP contribution in [0.5, 0.6) is 0 Å². The zero-order valence-corrected chi connectivity index (χ0v) is 21.5. The minimum absolute atomic E-state index is 0.238. The average Bonchev–Trinajstić information content (AvgIpc) is 3.14. The lowest BCUT2D eigenvalue weighted by atomic mass is 9.82. The molecule has 0 spiro atoms. The summed E-state index contributed by atoms with van der Waals surface area (Å²) in [6, 6.07) is 7.58. The van der Waals surface area contributed by atoms with Crippen molar-refractivity contribution in [1.82, 2.24) is 14.6 Å². The topological polar surface area (TPSA) is 80.0 Å². The van der Waals surface area contributed by atoms with Gasteiger partial charge < -0.3 is 14.7 Å². The summed E-state index contributed by atoms with van der Waals surface area (Å²) in [5.41, 5.74) is 3.18. The summed E-state index contributed by atoms with van der Waals surface area (Å²) >= 11 is 6.25. The minimum atomic E-state index is -1.17. The third-order valence-electron chi connectivity index (χ3n) is 6.36. The van der Waals surface area contributed by atoms with Crippen LogP contribution in [0.15, 0.2) is 30.5 Å². The maximum atomic E-state index is 12.5. The number of halogens is 1. The van der Waals surface area contributed by atoms with Crippen LogP contribution in [0.4, 0.5) is 5.82 Å².